The molecule has 0 spiro atoms. The molecule has 0 amide bonds. The Kier molecular flexibility index (Phi) is 6.56. The van der Waals surface area contributed by atoms with Crippen LogP contribution < -0.4 is 10.1 Å². The van der Waals surface area contributed by atoms with Crippen molar-refractivity contribution in [2.24, 2.45) is 0 Å². The number of aryl methyl sites for hydroxylation is 1. The van der Waals surface area contributed by atoms with Crippen LogP contribution in [0.15, 0.2) is 36.4 Å². The Morgan fingerprint density at radius 2 is 1.94 bits per heavy atom. The number of methoxy groups -OCH3 is 1. The zero-order valence-electron chi connectivity index (χ0n) is 18.7. The zero-order chi connectivity index (χ0) is 23.7. The van der Waals surface area contributed by atoms with Crippen molar-refractivity contribution < 1.29 is 23.0 Å². The Bertz CT molecular complexity index is 1210. The van der Waals surface area contributed by atoms with Gasteiger partial charge in [-0.05, 0) is 50.8 Å². The van der Waals surface area contributed by atoms with E-state index in [4.69, 9.17) is 4.74 Å². The number of aliphatic hydroxyl groups excluding tert-OH is 1. The van der Waals surface area contributed by atoms with E-state index in [-0.39, 0.29) is 11.7 Å². The lowest BCUT2D eigenvalue weighted by molar-refractivity contribution is 0.146. The lowest BCUT2D eigenvalue weighted by Crippen LogP contribution is -2.12. The number of fused-ring (bicyclic) bond motifs is 1. The summed E-state index contributed by atoms with van der Waals surface area (Å²) in [5.41, 5.74) is 3.19. The van der Waals surface area contributed by atoms with E-state index in [1.165, 1.54) is 19.2 Å². The number of aliphatic hydroxyl groups is 1. The summed E-state index contributed by atoms with van der Waals surface area (Å²) in [6, 6.07) is 7.18. The number of alkyl halides is 2. The van der Waals surface area contributed by atoms with E-state index in [0.717, 1.165) is 22.7 Å². The Labute approximate surface area is 190 Å². The minimum absolute atomic E-state index is 0.153. The first-order chi connectivity index (χ1) is 15.8. The van der Waals surface area contributed by atoms with Gasteiger partial charge in [0, 0.05) is 22.3 Å². The van der Waals surface area contributed by atoms with Gasteiger partial charge in [0.1, 0.15) is 11.3 Å². The third-order valence-electron chi connectivity index (χ3n) is 5.93. The number of benzene rings is 1. The van der Waals surface area contributed by atoms with Crippen molar-refractivity contribution in [3.8, 4) is 5.88 Å². The second-order valence-electron chi connectivity index (χ2n) is 8.30. The number of nitrogens with one attached hydrogen (secondary N) is 1. The molecule has 4 rings (SSSR count). The third kappa shape index (κ3) is 4.66. The number of anilines is 1. The highest BCUT2D eigenvalue weighted by molar-refractivity contribution is 5.96. The first kappa shape index (κ1) is 23.0. The summed E-state index contributed by atoms with van der Waals surface area (Å²) >= 11 is 0. The summed E-state index contributed by atoms with van der Waals surface area (Å²) in [5, 5.41) is 13.8. The van der Waals surface area contributed by atoms with Crippen LogP contribution in [0.3, 0.4) is 0 Å². The van der Waals surface area contributed by atoms with Crippen LogP contribution >= 0.6 is 0 Å². The van der Waals surface area contributed by atoms with Crippen LogP contribution in [-0.2, 0) is 0 Å². The molecule has 1 unspecified atom stereocenters. The molecule has 0 radical (unpaired) electrons. The molecule has 2 N–H and O–H groups in total. The molecule has 33 heavy (non-hydrogen) atoms. The summed E-state index contributed by atoms with van der Waals surface area (Å²) in [6.45, 7) is 3.55. The van der Waals surface area contributed by atoms with Crippen molar-refractivity contribution in [3.63, 3.8) is 0 Å². The second kappa shape index (κ2) is 9.39. The fourth-order valence-electron chi connectivity index (χ4n) is 4.19. The van der Waals surface area contributed by atoms with Crippen LogP contribution in [-0.4, -0.2) is 28.3 Å². The van der Waals surface area contributed by atoms with E-state index >= 15 is 0 Å². The Morgan fingerprint density at radius 3 is 2.61 bits per heavy atom. The highest BCUT2D eigenvalue weighted by Gasteiger charge is 2.22. The second-order valence-corrected chi connectivity index (χ2v) is 8.30. The highest BCUT2D eigenvalue weighted by Crippen LogP contribution is 2.36. The number of hydrogen-bond donors (Lipinski definition) is 2. The van der Waals surface area contributed by atoms with Gasteiger partial charge in [-0.3, -0.25) is 0 Å². The van der Waals surface area contributed by atoms with E-state index in [9.17, 15) is 18.3 Å². The molecule has 174 valence electrons. The highest BCUT2D eigenvalue weighted by atomic mass is 19.3. The van der Waals surface area contributed by atoms with Gasteiger partial charge in [-0.15, -0.1) is 0 Å². The summed E-state index contributed by atoms with van der Waals surface area (Å²) in [6.07, 6.45) is 0.642. The van der Waals surface area contributed by atoms with Crippen molar-refractivity contribution in [3.05, 3.63) is 64.7 Å². The Morgan fingerprint density at radius 1 is 1.18 bits per heavy atom. The average molecular weight is 457 g/mol. The van der Waals surface area contributed by atoms with Gasteiger partial charge >= 0.3 is 0 Å². The standard InChI is InChI=1S/C25H26F3N3O2/c1-13-11-21(30-14(2)17-5-4-6-18(22(17)26)24(27)28)19-12-20(15-7-9-16(32)10-8-15)31-25(33-3)23(19)29-13/h4-7,11-12,14,16,24,32H,8-10H2,1-3H3,(H,29,30)/t14-,16?/m1/s1. The molecule has 8 heteroatoms. The monoisotopic (exact) mass is 457 g/mol. The maximum Gasteiger partial charge on any atom is 0.266 e. The molecule has 2 heterocycles. The number of rotatable bonds is 6. The van der Waals surface area contributed by atoms with Gasteiger partial charge in [-0.1, -0.05) is 24.3 Å². The number of hydrogen-bond acceptors (Lipinski definition) is 5. The first-order valence-corrected chi connectivity index (χ1v) is 10.8. The average Bonchev–Trinajstić information content (AvgIpc) is 2.78. The lowest BCUT2D eigenvalue weighted by Gasteiger charge is -2.21. The van der Waals surface area contributed by atoms with E-state index in [1.807, 2.05) is 25.1 Å². The predicted molar refractivity (Wildman–Crippen MR) is 122 cm³/mol. The van der Waals surface area contributed by atoms with Gasteiger partial charge in [0.05, 0.1) is 30.5 Å². The molecule has 1 aliphatic rings. The fourth-order valence-corrected chi connectivity index (χ4v) is 4.19. The SMILES string of the molecule is COc1nc(C2=CCC(O)CC2)cc2c(N[C@H](C)c3cccc(C(F)F)c3F)cc(C)nc12. The van der Waals surface area contributed by atoms with E-state index in [1.54, 1.807) is 6.92 Å². The van der Waals surface area contributed by atoms with Crippen molar-refractivity contribution in [1.29, 1.82) is 0 Å². The minimum Gasteiger partial charge on any atom is -0.479 e. The van der Waals surface area contributed by atoms with Crippen molar-refractivity contribution in [1.82, 2.24) is 9.97 Å². The van der Waals surface area contributed by atoms with E-state index in [0.29, 0.717) is 42.0 Å². The molecule has 2 aromatic heterocycles. The Hall–Kier alpha value is -3.13. The molecule has 0 fully saturated rings. The molecule has 5 nitrogen and oxygen atoms in total. The molecule has 0 aliphatic heterocycles. The van der Waals surface area contributed by atoms with Crippen LogP contribution in [0.5, 0.6) is 5.88 Å². The van der Waals surface area contributed by atoms with Crippen LogP contribution in [0, 0.1) is 12.7 Å². The predicted octanol–water partition coefficient (Wildman–Crippen LogP) is 6.12. The largest absolute Gasteiger partial charge is 0.479 e. The zero-order valence-corrected chi connectivity index (χ0v) is 18.7. The lowest BCUT2D eigenvalue weighted by atomic mass is 9.94. The summed E-state index contributed by atoms with van der Waals surface area (Å²) in [4.78, 5) is 9.21. The summed E-state index contributed by atoms with van der Waals surface area (Å²) in [7, 11) is 1.52. The van der Waals surface area contributed by atoms with Crippen molar-refractivity contribution in [2.45, 2.75) is 51.7 Å². The number of ether oxygens (including phenoxy) is 1. The number of pyridine rings is 2. The molecule has 1 aliphatic carbocycles. The molecule has 0 saturated carbocycles. The topological polar surface area (TPSA) is 67.3 Å². The Balaban J connectivity index is 1.79. The molecule has 0 saturated heterocycles. The number of nitrogens with zero attached hydrogens (tertiary/aromatic N) is 2. The van der Waals surface area contributed by atoms with Crippen LogP contribution in [0.25, 0.3) is 16.5 Å². The van der Waals surface area contributed by atoms with Crippen LogP contribution in [0.2, 0.25) is 0 Å². The summed E-state index contributed by atoms with van der Waals surface area (Å²) < 4.78 is 46.6. The number of allylic oxidation sites excluding steroid dienone is 1. The minimum atomic E-state index is -2.89. The van der Waals surface area contributed by atoms with Gasteiger partial charge in [0.15, 0.2) is 0 Å². The number of aromatic nitrogens is 2. The molecular formula is C25H26F3N3O2. The van der Waals surface area contributed by atoms with E-state index < -0.39 is 23.8 Å². The quantitative estimate of drug-likeness (QED) is 0.466. The third-order valence-corrected chi connectivity index (χ3v) is 5.93. The van der Waals surface area contributed by atoms with Gasteiger partial charge in [-0.25, -0.2) is 23.1 Å². The normalized spacial score (nSPS) is 17.2. The fraction of sp³-hybridized carbons (Fsp3) is 0.360. The maximum atomic E-state index is 14.7. The molecule has 3 aromatic rings. The smallest absolute Gasteiger partial charge is 0.266 e. The van der Waals surface area contributed by atoms with Gasteiger partial charge in [-0.2, -0.15) is 0 Å². The molecular weight excluding hydrogens is 431 g/mol. The van der Waals surface area contributed by atoms with Gasteiger partial charge in [0.25, 0.3) is 6.43 Å². The maximum absolute atomic E-state index is 14.7. The van der Waals surface area contributed by atoms with Crippen molar-refractivity contribution >= 4 is 22.2 Å². The number of halogens is 3. The van der Waals surface area contributed by atoms with Gasteiger partial charge < -0.3 is 15.2 Å². The molecule has 2 atom stereocenters. The summed E-state index contributed by atoms with van der Waals surface area (Å²) in [5.74, 6) is -0.548. The van der Waals surface area contributed by atoms with Crippen LogP contribution in [0.1, 0.15) is 61.2 Å². The van der Waals surface area contributed by atoms with E-state index in [2.05, 4.69) is 15.3 Å². The van der Waals surface area contributed by atoms with Crippen LogP contribution in [0.4, 0.5) is 18.9 Å². The first-order valence-electron chi connectivity index (χ1n) is 10.8. The van der Waals surface area contributed by atoms with Gasteiger partial charge in [0.2, 0.25) is 5.88 Å². The van der Waals surface area contributed by atoms with Crippen molar-refractivity contribution in [2.75, 3.05) is 12.4 Å². The molecule has 0 bridgehead atoms. The molecule has 1 aromatic carbocycles.